The molecule has 0 spiro atoms. The number of halogens is 1. The third-order valence-electron chi connectivity index (χ3n) is 1.52. The van der Waals surface area contributed by atoms with E-state index in [1.165, 1.54) is 12.1 Å². The van der Waals surface area contributed by atoms with Crippen LogP contribution in [0.3, 0.4) is 0 Å². The number of nitrogens with zero attached hydrogens (tertiary/aromatic N) is 1. The van der Waals surface area contributed by atoms with Gasteiger partial charge in [0, 0.05) is 0 Å². The van der Waals surface area contributed by atoms with Crippen LogP contribution in [-0.2, 0) is 4.79 Å². The van der Waals surface area contributed by atoms with Crippen LogP contribution in [0.25, 0.3) is 0 Å². The summed E-state index contributed by atoms with van der Waals surface area (Å²) in [6, 6.07) is 2.64. The molecule has 0 aliphatic carbocycles. The summed E-state index contributed by atoms with van der Waals surface area (Å²) in [7, 11) is 0. The van der Waals surface area contributed by atoms with Crippen LogP contribution in [0.15, 0.2) is 12.1 Å². The highest BCUT2D eigenvalue weighted by Crippen LogP contribution is 2.16. The molecule has 0 saturated carbocycles. The molecule has 4 N–H and O–H groups in total. The summed E-state index contributed by atoms with van der Waals surface area (Å²) in [6.07, 6.45) is 0. The minimum absolute atomic E-state index is 0.0220. The molecule has 0 saturated heterocycles. The predicted octanol–water partition coefficient (Wildman–Crippen LogP) is 0.330. The average molecular weight is 230 g/mol. The van der Waals surface area contributed by atoms with Gasteiger partial charge in [-0.2, -0.15) is 0 Å². The second-order valence-corrected chi connectivity index (χ2v) is 3.04. The van der Waals surface area contributed by atoms with Crippen molar-refractivity contribution in [2.24, 2.45) is 5.73 Å². The van der Waals surface area contributed by atoms with E-state index in [2.05, 4.69) is 10.3 Å². The molecule has 1 amide bonds. The second kappa shape index (κ2) is 4.61. The minimum atomic E-state index is -1.16. The summed E-state index contributed by atoms with van der Waals surface area (Å²) in [5.41, 5.74) is 4.83. The number of carbonyl (C=O) groups excluding carboxylic acids is 1. The Kier molecular flexibility index (Phi) is 3.46. The molecule has 1 heterocycles. The Morgan fingerprint density at radius 3 is 2.73 bits per heavy atom. The minimum Gasteiger partial charge on any atom is -0.478 e. The lowest BCUT2D eigenvalue weighted by Crippen LogP contribution is -2.23. The van der Waals surface area contributed by atoms with Crippen molar-refractivity contribution in [3.05, 3.63) is 22.8 Å². The number of amides is 1. The summed E-state index contributed by atoms with van der Waals surface area (Å²) in [5.74, 6) is -1.76. The SMILES string of the molecule is NC(=O)CNc1nc(Cl)ccc1C(=O)O. The smallest absolute Gasteiger partial charge is 0.339 e. The first kappa shape index (κ1) is 11.3. The number of aromatic carboxylic acids is 1. The molecule has 0 fully saturated rings. The zero-order valence-corrected chi connectivity index (χ0v) is 8.28. The van der Waals surface area contributed by atoms with Gasteiger partial charge in [-0.25, -0.2) is 9.78 Å². The lowest BCUT2D eigenvalue weighted by atomic mass is 10.2. The summed E-state index contributed by atoms with van der Waals surface area (Å²) in [6.45, 7) is -0.201. The molecule has 0 bridgehead atoms. The summed E-state index contributed by atoms with van der Waals surface area (Å²) in [4.78, 5) is 25.0. The van der Waals surface area contributed by atoms with Crippen molar-refractivity contribution in [3.8, 4) is 0 Å². The first-order chi connectivity index (χ1) is 7.00. The third kappa shape index (κ3) is 3.10. The zero-order chi connectivity index (χ0) is 11.4. The van der Waals surface area contributed by atoms with Gasteiger partial charge in [0.2, 0.25) is 5.91 Å². The van der Waals surface area contributed by atoms with E-state index in [1.807, 2.05) is 0 Å². The van der Waals surface area contributed by atoms with Gasteiger partial charge in [-0.1, -0.05) is 11.6 Å². The van der Waals surface area contributed by atoms with Crippen LogP contribution in [0.1, 0.15) is 10.4 Å². The van der Waals surface area contributed by atoms with E-state index in [1.54, 1.807) is 0 Å². The van der Waals surface area contributed by atoms with E-state index in [4.69, 9.17) is 22.4 Å². The molecule has 15 heavy (non-hydrogen) atoms. The third-order valence-corrected chi connectivity index (χ3v) is 1.73. The standard InChI is InChI=1S/C8H8ClN3O3/c9-5-2-1-4(8(14)15)7(12-5)11-3-6(10)13/h1-2H,3H2,(H2,10,13)(H,11,12)(H,14,15). The normalized spacial score (nSPS) is 9.67. The molecule has 0 aliphatic heterocycles. The van der Waals surface area contributed by atoms with Crippen molar-refractivity contribution >= 4 is 29.3 Å². The van der Waals surface area contributed by atoms with Gasteiger partial charge in [0.05, 0.1) is 6.54 Å². The highest BCUT2D eigenvalue weighted by Gasteiger charge is 2.12. The molecule has 0 radical (unpaired) electrons. The Labute approximate surface area is 90.1 Å². The van der Waals surface area contributed by atoms with Crippen LogP contribution < -0.4 is 11.1 Å². The highest BCUT2D eigenvalue weighted by atomic mass is 35.5. The van der Waals surface area contributed by atoms with Gasteiger partial charge >= 0.3 is 5.97 Å². The number of pyridine rings is 1. The maximum absolute atomic E-state index is 10.7. The summed E-state index contributed by atoms with van der Waals surface area (Å²) in [5, 5.41) is 11.4. The van der Waals surface area contributed by atoms with Gasteiger partial charge in [0.1, 0.15) is 16.5 Å². The molecular formula is C8H8ClN3O3. The molecule has 0 aliphatic rings. The molecule has 0 unspecified atom stereocenters. The number of carboxylic acids is 1. The molecule has 1 rings (SSSR count). The number of nitrogens with one attached hydrogen (secondary N) is 1. The van der Waals surface area contributed by atoms with Crippen molar-refractivity contribution in [3.63, 3.8) is 0 Å². The van der Waals surface area contributed by atoms with Crippen LogP contribution in [0.2, 0.25) is 5.15 Å². The fourth-order valence-corrected chi connectivity index (χ4v) is 1.06. The topological polar surface area (TPSA) is 105 Å². The molecule has 1 aromatic rings. The molecule has 0 aromatic carbocycles. The molecule has 1 aromatic heterocycles. The maximum atomic E-state index is 10.7. The molecule has 7 heteroatoms. The number of carboxylic acid groups (broad SMARTS) is 1. The van der Waals surface area contributed by atoms with Gasteiger partial charge in [-0.05, 0) is 12.1 Å². The molecule has 6 nitrogen and oxygen atoms in total. The Balaban J connectivity index is 2.96. The lowest BCUT2D eigenvalue weighted by Gasteiger charge is -2.06. The van der Waals surface area contributed by atoms with E-state index in [0.717, 1.165) is 0 Å². The zero-order valence-electron chi connectivity index (χ0n) is 7.53. The van der Waals surface area contributed by atoms with Crippen molar-refractivity contribution in [1.82, 2.24) is 4.98 Å². The van der Waals surface area contributed by atoms with Gasteiger partial charge in [-0.15, -0.1) is 0 Å². The Bertz CT molecular complexity index is 408. The highest BCUT2D eigenvalue weighted by molar-refractivity contribution is 6.29. The monoisotopic (exact) mass is 229 g/mol. The Morgan fingerprint density at radius 2 is 2.20 bits per heavy atom. The number of rotatable bonds is 4. The number of nitrogens with two attached hydrogens (primary N) is 1. The largest absolute Gasteiger partial charge is 0.478 e. The summed E-state index contributed by atoms with van der Waals surface area (Å²) >= 11 is 5.58. The van der Waals surface area contributed by atoms with Crippen LogP contribution >= 0.6 is 11.6 Å². The van der Waals surface area contributed by atoms with Gasteiger partial charge in [0.15, 0.2) is 0 Å². The number of hydrogen-bond donors (Lipinski definition) is 3. The summed E-state index contributed by atoms with van der Waals surface area (Å²) < 4.78 is 0. The van der Waals surface area contributed by atoms with E-state index in [-0.39, 0.29) is 23.1 Å². The fourth-order valence-electron chi connectivity index (χ4n) is 0.914. The lowest BCUT2D eigenvalue weighted by molar-refractivity contribution is -0.116. The number of hydrogen-bond acceptors (Lipinski definition) is 4. The van der Waals surface area contributed by atoms with Crippen LogP contribution in [0.4, 0.5) is 5.82 Å². The number of primary amides is 1. The quantitative estimate of drug-likeness (QED) is 0.646. The van der Waals surface area contributed by atoms with Crippen molar-refractivity contribution < 1.29 is 14.7 Å². The van der Waals surface area contributed by atoms with Gasteiger partial charge in [0.25, 0.3) is 0 Å². The fraction of sp³-hybridized carbons (Fsp3) is 0.125. The van der Waals surface area contributed by atoms with Gasteiger partial charge < -0.3 is 16.2 Å². The molecule has 0 atom stereocenters. The van der Waals surface area contributed by atoms with Gasteiger partial charge in [-0.3, -0.25) is 4.79 Å². The average Bonchev–Trinajstić information content (AvgIpc) is 2.14. The first-order valence-corrected chi connectivity index (χ1v) is 4.30. The number of carbonyl (C=O) groups is 2. The van der Waals surface area contributed by atoms with Crippen molar-refractivity contribution in [2.45, 2.75) is 0 Å². The van der Waals surface area contributed by atoms with E-state index < -0.39 is 11.9 Å². The van der Waals surface area contributed by atoms with Crippen LogP contribution in [0, 0.1) is 0 Å². The van der Waals surface area contributed by atoms with Crippen molar-refractivity contribution in [1.29, 1.82) is 0 Å². The number of aromatic nitrogens is 1. The molecular weight excluding hydrogens is 222 g/mol. The second-order valence-electron chi connectivity index (χ2n) is 2.66. The van der Waals surface area contributed by atoms with E-state index in [0.29, 0.717) is 0 Å². The molecule has 80 valence electrons. The first-order valence-electron chi connectivity index (χ1n) is 3.92. The van der Waals surface area contributed by atoms with Crippen LogP contribution in [-0.4, -0.2) is 28.5 Å². The van der Waals surface area contributed by atoms with E-state index in [9.17, 15) is 9.59 Å². The van der Waals surface area contributed by atoms with Crippen LogP contribution in [0.5, 0.6) is 0 Å². The number of anilines is 1. The maximum Gasteiger partial charge on any atom is 0.339 e. The Hall–Kier alpha value is -1.82. The predicted molar refractivity (Wildman–Crippen MR) is 53.9 cm³/mol. The Morgan fingerprint density at radius 1 is 1.53 bits per heavy atom. The van der Waals surface area contributed by atoms with E-state index >= 15 is 0 Å². The van der Waals surface area contributed by atoms with Crippen molar-refractivity contribution in [2.75, 3.05) is 11.9 Å².